The number of hydrogen-bond acceptors (Lipinski definition) is 0. The molecule has 1 heterocycles. The molecule has 0 fully saturated rings. The normalized spacial score (nSPS) is 12.3. The molecule has 0 aliphatic rings. The van der Waals surface area contributed by atoms with Crippen molar-refractivity contribution >= 4 is 42.8 Å². The Labute approximate surface area is 96.0 Å². The van der Waals surface area contributed by atoms with Crippen molar-refractivity contribution in [3.8, 4) is 0 Å². The second-order valence-corrected chi connectivity index (χ2v) is 4.64. The van der Waals surface area contributed by atoms with Gasteiger partial charge in [0.15, 0.2) is 0 Å². The van der Waals surface area contributed by atoms with Crippen molar-refractivity contribution in [3.05, 3.63) is 34.9 Å². The maximum atomic E-state index is 13.1. The summed E-state index contributed by atoms with van der Waals surface area (Å²) < 4.78 is 27.7. The van der Waals surface area contributed by atoms with Gasteiger partial charge in [0.2, 0.25) is 0 Å². The fraction of sp³-hybridized carbons (Fsp3) is 0.111. The van der Waals surface area contributed by atoms with Crippen LogP contribution in [0.2, 0.25) is 0 Å². The Morgan fingerprint density at radius 1 is 1.21 bits per heavy atom. The van der Waals surface area contributed by atoms with E-state index in [9.17, 15) is 8.78 Å². The first-order valence-electron chi connectivity index (χ1n) is 3.83. The molecule has 0 bridgehead atoms. The van der Waals surface area contributed by atoms with E-state index < -0.39 is 4.96 Å². The predicted octanol–water partition coefficient (Wildman–Crippen LogP) is 4.31. The van der Waals surface area contributed by atoms with Gasteiger partial charge in [-0.15, -0.1) is 0 Å². The van der Waals surface area contributed by atoms with Crippen LogP contribution in [0.15, 0.2) is 34.9 Å². The molecule has 0 atom stereocenters. The summed E-state index contributed by atoms with van der Waals surface area (Å²) in [6.45, 7) is 0. The second-order valence-electron chi connectivity index (χ2n) is 2.83. The number of hydrogen-bond donors (Lipinski definition) is 0. The van der Waals surface area contributed by atoms with E-state index in [4.69, 9.17) is 0 Å². The van der Waals surface area contributed by atoms with Gasteiger partial charge in [-0.2, -0.15) is 8.78 Å². The van der Waals surface area contributed by atoms with Crippen molar-refractivity contribution in [3.63, 3.8) is 0 Å². The molecule has 2 rings (SSSR count). The molecule has 0 unspecified atom stereocenters. The monoisotopic (exact) mass is 323 g/mol. The molecule has 0 aliphatic carbocycles. The van der Waals surface area contributed by atoms with Crippen molar-refractivity contribution in [2.45, 2.75) is 4.96 Å². The largest absolute Gasteiger partial charge is 0.386 e. The lowest BCUT2D eigenvalue weighted by Gasteiger charge is -2.10. The summed E-state index contributed by atoms with van der Waals surface area (Å²) in [4.78, 5) is -3.06. The van der Waals surface area contributed by atoms with Crippen LogP contribution in [-0.4, -0.2) is 4.57 Å². The van der Waals surface area contributed by atoms with Gasteiger partial charge in [0.05, 0.1) is 5.52 Å². The van der Waals surface area contributed by atoms with Gasteiger partial charge in [-0.3, -0.25) is 4.57 Å². The van der Waals surface area contributed by atoms with Gasteiger partial charge in [-0.05, 0) is 22.0 Å². The standard InChI is InChI=1S/C9H5Br2F2N/c10-7-5-14(9(11,12)13)8-4-2-1-3-6(7)8/h1-5H. The van der Waals surface area contributed by atoms with Gasteiger partial charge in [0.25, 0.3) is 0 Å². The number of para-hydroxylation sites is 1. The quantitative estimate of drug-likeness (QED) is 0.689. The first kappa shape index (κ1) is 10.1. The second kappa shape index (κ2) is 3.31. The Hall–Kier alpha value is -0.420. The van der Waals surface area contributed by atoms with E-state index in [0.29, 0.717) is 9.99 Å². The number of benzene rings is 1. The van der Waals surface area contributed by atoms with E-state index in [1.165, 1.54) is 6.20 Å². The summed E-state index contributed by atoms with van der Waals surface area (Å²) in [5, 5.41) is 0.770. The fourth-order valence-corrected chi connectivity index (χ4v) is 2.18. The van der Waals surface area contributed by atoms with Gasteiger partial charge < -0.3 is 0 Å². The van der Waals surface area contributed by atoms with Crippen molar-refractivity contribution in [1.29, 1.82) is 0 Å². The van der Waals surface area contributed by atoms with Gasteiger partial charge >= 0.3 is 4.96 Å². The Kier molecular flexibility index (Phi) is 2.39. The first-order chi connectivity index (χ1) is 6.50. The zero-order valence-corrected chi connectivity index (χ0v) is 10.0. The van der Waals surface area contributed by atoms with Gasteiger partial charge in [-0.25, -0.2) is 0 Å². The van der Waals surface area contributed by atoms with Crippen LogP contribution in [0.3, 0.4) is 0 Å². The van der Waals surface area contributed by atoms with Crippen LogP contribution < -0.4 is 0 Å². The summed E-state index contributed by atoms with van der Waals surface area (Å²) in [6, 6.07) is 6.97. The van der Waals surface area contributed by atoms with E-state index >= 15 is 0 Å². The minimum Gasteiger partial charge on any atom is -0.278 e. The highest BCUT2D eigenvalue weighted by atomic mass is 79.9. The van der Waals surface area contributed by atoms with Crippen LogP contribution >= 0.6 is 31.9 Å². The number of nitrogens with zero attached hydrogens (tertiary/aromatic N) is 1. The number of halogens is 4. The lowest BCUT2D eigenvalue weighted by atomic mass is 10.2. The van der Waals surface area contributed by atoms with E-state index in [1.807, 2.05) is 6.07 Å². The highest BCUT2D eigenvalue weighted by Crippen LogP contribution is 2.36. The Bertz CT molecular complexity index is 473. The molecule has 0 spiro atoms. The van der Waals surface area contributed by atoms with E-state index in [1.54, 1.807) is 18.2 Å². The van der Waals surface area contributed by atoms with Gasteiger partial charge in [0.1, 0.15) is 0 Å². The maximum absolute atomic E-state index is 13.1. The van der Waals surface area contributed by atoms with Crippen LogP contribution in [0.4, 0.5) is 8.78 Å². The number of fused-ring (bicyclic) bond motifs is 1. The van der Waals surface area contributed by atoms with E-state index in [-0.39, 0.29) is 0 Å². The lowest BCUT2D eigenvalue weighted by Crippen LogP contribution is -2.12. The van der Waals surface area contributed by atoms with Crippen LogP contribution in [-0.2, 0) is 4.96 Å². The summed E-state index contributed by atoms with van der Waals surface area (Å²) in [7, 11) is 0. The molecule has 0 saturated heterocycles. The van der Waals surface area contributed by atoms with Crippen LogP contribution in [0.5, 0.6) is 0 Å². The number of alkyl halides is 3. The molecule has 5 heteroatoms. The molecule has 1 aromatic carbocycles. The smallest absolute Gasteiger partial charge is 0.278 e. The molecule has 1 nitrogen and oxygen atoms in total. The highest BCUT2D eigenvalue weighted by Gasteiger charge is 2.28. The molecule has 14 heavy (non-hydrogen) atoms. The average Bonchev–Trinajstić information content (AvgIpc) is 2.44. The van der Waals surface area contributed by atoms with Crippen LogP contribution in [0, 0.1) is 0 Å². The van der Waals surface area contributed by atoms with Gasteiger partial charge in [-0.1, -0.05) is 18.2 Å². The van der Waals surface area contributed by atoms with Crippen LogP contribution in [0.1, 0.15) is 0 Å². The van der Waals surface area contributed by atoms with E-state index in [0.717, 1.165) is 9.95 Å². The number of rotatable bonds is 1. The fourth-order valence-electron chi connectivity index (χ4n) is 1.35. The molecule has 0 saturated carbocycles. The number of aromatic nitrogens is 1. The topological polar surface area (TPSA) is 4.93 Å². The molecular formula is C9H5Br2F2N. The predicted molar refractivity (Wildman–Crippen MR) is 58.8 cm³/mol. The highest BCUT2D eigenvalue weighted by molar-refractivity contribution is 9.10. The Balaban J connectivity index is 2.80. The molecule has 74 valence electrons. The molecule has 0 amide bonds. The van der Waals surface area contributed by atoms with Crippen molar-refractivity contribution in [2.75, 3.05) is 0 Å². The molecule has 2 aromatic rings. The zero-order valence-electron chi connectivity index (χ0n) is 6.85. The minimum absolute atomic E-state index is 0.487. The minimum atomic E-state index is -3.06. The molecule has 0 aliphatic heterocycles. The first-order valence-corrected chi connectivity index (χ1v) is 5.41. The Morgan fingerprint density at radius 3 is 2.50 bits per heavy atom. The SMILES string of the molecule is FC(F)(Br)n1cc(Br)c2ccccc21. The molecular weight excluding hydrogens is 320 g/mol. The zero-order chi connectivity index (χ0) is 10.3. The average molecular weight is 325 g/mol. The third-order valence-corrected chi connectivity index (χ3v) is 2.95. The van der Waals surface area contributed by atoms with Crippen molar-refractivity contribution < 1.29 is 8.78 Å². The van der Waals surface area contributed by atoms with Crippen molar-refractivity contribution in [1.82, 2.24) is 4.57 Å². The third-order valence-electron chi connectivity index (χ3n) is 1.94. The summed E-state index contributed by atoms with van der Waals surface area (Å²) in [6.07, 6.45) is 1.36. The summed E-state index contributed by atoms with van der Waals surface area (Å²) in [5.74, 6) is 0. The molecule has 1 aromatic heterocycles. The molecule has 0 N–H and O–H groups in total. The van der Waals surface area contributed by atoms with Gasteiger partial charge in [0, 0.05) is 32.0 Å². The van der Waals surface area contributed by atoms with Crippen LogP contribution in [0.25, 0.3) is 10.9 Å². The summed E-state index contributed by atoms with van der Waals surface area (Å²) >= 11 is 5.57. The summed E-state index contributed by atoms with van der Waals surface area (Å²) in [5.41, 5.74) is 0.487. The third kappa shape index (κ3) is 1.59. The van der Waals surface area contributed by atoms with E-state index in [2.05, 4.69) is 31.9 Å². The lowest BCUT2D eigenvalue weighted by molar-refractivity contribution is 0.0378. The van der Waals surface area contributed by atoms with Crippen molar-refractivity contribution in [2.24, 2.45) is 0 Å². The molecule has 0 radical (unpaired) electrons. The maximum Gasteiger partial charge on any atom is 0.386 e. The Morgan fingerprint density at radius 2 is 1.86 bits per heavy atom.